The molecule has 2 unspecified atom stereocenters. The molecule has 0 heterocycles. The average molecular weight is 910 g/mol. The van der Waals surface area contributed by atoms with Crippen LogP contribution in [0.15, 0.2) is 85.1 Å². The van der Waals surface area contributed by atoms with E-state index >= 15 is 0 Å². The number of carboxylic acids is 1. The summed E-state index contributed by atoms with van der Waals surface area (Å²) >= 11 is 0. The molecular weight excluding hydrogens is 815 g/mol. The van der Waals surface area contributed by atoms with Crippen molar-refractivity contribution in [2.45, 2.75) is 206 Å². The number of aliphatic carboxylic acids is 1. The minimum atomic E-state index is -1.63. The molecule has 0 aromatic heterocycles. The first-order chi connectivity index (χ1) is 31.6. The molecule has 0 radical (unpaired) electrons. The number of esters is 2. The number of likely N-dealkylation sites (N-methyl/N-ethyl adjacent to an activating group) is 1. The lowest BCUT2D eigenvalue weighted by Crippen LogP contribution is -2.44. The Labute approximate surface area is 398 Å². The van der Waals surface area contributed by atoms with Crippen LogP contribution in [0.2, 0.25) is 0 Å². The largest absolute Gasteiger partial charge is 0.545 e. The van der Waals surface area contributed by atoms with Crippen LogP contribution in [0.25, 0.3) is 0 Å². The molecule has 0 aromatic carbocycles. The van der Waals surface area contributed by atoms with E-state index in [1.54, 1.807) is 0 Å². The van der Waals surface area contributed by atoms with Gasteiger partial charge in [0.1, 0.15) is 13.2 Å². The van der Waals surface area contributed by atoms with Crippen LogP contribution in [0.3, 0.4) is 0 Å². The van der Waals surface area contributed by atoms with E-state index in [4.69, 9.17) is 18.9 Å². The Hall–Kier alpha value is -3.53. The van der Waals surface area contributed by atoms with E-state index in [1.807, 2.05) is 21.1 Å². The maximum Gasteiger partial charge on any atom is 0.306 e. The van der Waals surface area contributed by atoms with E-state index in [2.05, 4.69) is 98.9 Å². The molecule has 0 bridgehead atoms. The molecule has 0 aliphatic heterocycles. The standard InChI is InChI=1S/C56H95NO8/c1-6-8-10-12-14-16-18-20-22-24-25-26-27-28-29-31-32-34-36-38-40-42-44-46-53(58)63-50-52(51-64-56(55(60)61)62-49-48-57(3,4)5)65-54(59)47-45-43-41-39-37-35-33-30-23-21-19-17-15-13-11-9-7-2/h9,11,15,17-18,20-21,23-25,27-28,33,35,52,56H,6-8,10,12-14,16,19,22,26,29-32,34,36-51H2,1-5H3/b11-9-,17-15-,20-18-,23-21-,25-24-,28-27-,35-33-. The van der Waals surface area contributed by atoms with Gasteiger partial charge in [0, 0.05) is 12.8 Å². The first kappa shape index (κ1) is 61.5. The van der Waals surface area contributed by atoms with Crippen LogP contribution in [0.5, 0.6) is 0 Å². The molecule has 0 aliphatic carbocycles. The third-order valence-corrected chi connectivity index (χ3v) is 10.6. The molecule has 0 aromatic rings. The van der Waals surface area contributed by atoms with Crippen molar-refractivity contribution in [1.82, 2.24) is 0 Å². The molecule has 2 atom stereocenters. The summed E-state index contributed by atoms with van der Waals surface area (Å²) in [4.78, 5) is 37.1. The highest BCUT2D eigenvalue weighted by Gasteiger charge is 2.21. The van der Waals surface area contributed by atoms with E-state index in [-0.39, 0.29) is 38.6 Å². The maximum atomic E-state index is 12.8. The first-order valence-corrected chi connectivity index (χ1v) is 25.7. The molecule has 0 aliphatic rings. The number of carboxylic acid groups (broad SMARTS) is 1. The second kappa shape index (κ2) is 47.0. The first-order valence-electron chi connectivity index (χ1n) is 25.7. The molecule has 0 saturated carbocycles. The van der Waals surface area contributed by atoms with Crippen LogP contribution in [0.1, 0.15) is 194 Å². The molecular formula is C56H95NO8. The number of allylic oxidation sites excluding steroid dienone is 14. The summed E-state index contributed by atoms with van der Waals surface area (Å²) in [6, 6.07) is 0. The number of carbonyl (C=O) groups is 3. The topological polar surface area (TPSA) is 111 Å². The molecule has 0 saturated heterocycles. The lowest BCUT2D eigenvalue weighted by molar-refractivity contribution is -0.870. The van der Waals surface area contributed by atoms with Crippen molar-refractivity contribution < 1.29 is 42.9 Å². The van der Waals surface area contributed by atoms with Gasteiger partial charge in [0.05, 0.1) is 40.3 Å². The van der Waals surface area contributed by atoms with Crippen molar-refractivity contribution >= 4 is 17.9 Å². The van der Waals surface area contributed by atoms with E-state index in [9.17, 15) is 19.5 Å². The van der Waals surface area contributed by atoms with E-state index in [0.29, 0.717) is 17.4 Å². The molecule has 65 heavy (non-hydrogen) atoms. The summed E-state index contributed by atoms with van der Waals surface area (Å²) in [5.74, 6) is -2.34. The van der Waals surface area contributed by atoms with Crippen LogP contribution in [0, 0.1) is 0 Å². The molecule has 0 amide bonds. The van der Waals surface area contributed by atoms with Crippen LogP contribution in [-0.4, -0.2) is 82.3 Å². The van der Waals surface area contributed by atoms with Gasteiger partial charge in [-0.1, -0.05) is 176 Å². The van der Waals surface area contributed by atoms with Gasteiger partial charge >= 0.3 is 11.9 Å². The third kappa shape index (κ3) is 48.2. The summed E-state index contributed by atoms with van der Waals surface area (Å²) < 4.78 is 22.6. The van der Waals surface area contributed by atoms with Gasteiger partial charge in [-0.05, 0) is 89.9 Å². The molecule has 372 valence electrons. The number of ether oxygens (including phenoxy) is 4. The Balaban J connectivity index is 4.39. The fourth-order valence-electron chi connectivity index (χ4n) is 6.65. The third-order valence-electron chi connectivity index (χ3n) is 10.6. The lowest BCUT2D eigenvalue weighted by atomic mass is 10.1. The Morgan fingerprint density at radius 3 is 1.31 bits per heavy atom. The molecule has 0 spiro atoms. The zero-order valence-corrected chi connectivity index (χ0v) is 42.1. The maximum absolute atomic E-state index is 12.8. The summed E-state index contributed by atoms with van der Waals surface area (Å²) in [6.45, 7) is 4.57. The van der Waals surface area contributed by atoms with Gasteiger partial charge in [0.25, 0.3) is 0 Å². The minimum absolute atomic E-state index is 0.137. The van der Waals surface area contributed by atoms with Gasteiger partial charge in [-0.25, -0.2) is 0 Å². The van der Waals surface area contributed by atoms with Crippen molar-refractivity contribution in [3.05, 3.63) is 85.1 Å². The number of unbranched alkanes of at least 4 members (excludes halogenated alkanes) is 17. The summed E-state index contributed by atoms with van der Waals surface area (Å²) in [5.41, 5.74) is 0. The summed E-state index contributed by atoms with van der Waals surface area (Å²) in [7, 11) is 5.89. The zero-order chi connectivity index (χ0) is 47.7. The van der Waals surface area contributed by atoms with Crippen molar-refractivity contribution in [2.24, 2.45) is 0 Å². The van der Waals surface area contributed by atoms with Crippen molar-refractivity contribution in [3.8, 4) is 0 Å². The zero-order valence-electron chi connectivity index (χ0n) is 42.1. The van der Waals surface area contributed by atoms with Crippen molar-refractivity contribution in [2.75, 3.05) is 47.5 Å². The Kier molecular flexibility index (Phi) is 44.4. The number of quaternary nitrogens is 1. The lowest BCUT2D eigenvalue weighted by Gasteiger charge is -2.26. The number of hydrogen-bond acceptors (Lipinski definition) is 8. The fourth-order valence-corrected chi connectivity index (χ4v) is 6.65. The number of carbonyl (C=O) groups excluding carboxylic acids is 3. The molecule has 9 heteroatoms. The molecule has 9 nitrogen and oxygen atoms in total. The van der Waals surface area contributed by atoms with Crippen LogP contribution >= 0.6 is 0 Å². The van der Waals surface area contributed by atoms with Gasteiger partial charge < -0.3 is 33.3 Å². The van der Waals surface area contributed by atoms with E-state index in [0.717, 1.165) is 96.3 Å². The normalized spacial score (nSPS) is 13.6. The highest BCUT2D eigenvalue weighted by atomic mass is 16.7. The SMILES string of the molecule is CC/C=C\C/C=C\C/C=C\C/C=C\CCCCCCC(=O)OC(COC(=O)CCCCCCCCCC/C=C\C/C=C\C/C=C\CCCCCCC)COC(OCC[N+](C)(C)C)C(=O)[O-]. The number of hydrogen-bond donors (Lipinski definition) is 0. The van der Waals surface area contributed by atoms with E-state index < -0.39 is 24.3 Å². The van der Waals surface area contributed by atoms with E-state index in [1.165, 1.54) is 64.2 Å². The van der Waals surface area contributed by atoms with Gasteiger partial charge in [0.2, 0.25) is 0 Å². The molecule has 0 N–H and O–H groups in total. The minimum Gasteiger partial charge on any atom is -0.545 e. The van der Waals surface area contributed by atoms with Crippen LogP contribution in [-0.2, 0) is 33.3 Å². The Bertz CT molecular complexity index is 1340. The van der Waals surface area contributed by atoms with Gasteiger partial charge in [0.15, 0.2) is 12.4 Å². The second-order valence-electron chi connectivity index (χ2n) is 18.1. The summed E-state index contributed by atoms with van der Waals surface area (Å²) in [5, 5.41) is 11.7. The smallest absolute Gasteiger partial charge is 0.306 e. The fraction of sp³-hybridized carbons (Fsp3) is 0.696. The highest BCUT2D eigenvalue weighted by Crippen LogP contribution is 2.13. The van der Waals surface area contributed by atoms with Gasteiger partial charge in [-0.15, -0.1) is 0 Å². The van der Waals surface area contributed by atoms with Gasteiger partial charge in [-0.3, -0.25) is 9.59 Å². The predicted octanol–water partition coefficient (Wildman–Crippen LogP) is 13.1. The van der Waals surface area contributed by atoms with Crippen LogP contribution in [0.4, 0.5) is 0 Å². The second-order valence-corrected chi connectivity index (χ2v) is 18.1. The highest BCUT2D eigenvalue weighted by molar-refractivity contribution is 5.70. The number of nitrogens with zero attached hydrogens (tertiary/aromatic N) is 1. The Morgan fingerprint density at radius 2 is 0.877 bits per heavy atom. The molecule has 0 fully saturated rings. The van der Waals surface area contributed by atoms with Crippen molar-refractivity contribution in [1.29, 1.82) is 0 Å². The monoisotopic (exact) mass is 910 g/mol. The summed E-state index contributed by atoms with van der Waals surface area (Å²) in [6.07, 6.45) is 57.6. The van der Waals surface area contributed by atoms with Gasteiger partial charge in [-0.2, -0.15) is 0 Å². The quantitative estimate of drug-likeness (QED) is 0.0195. The number of rotatable bonds is 46. The van der Waals surface area contributed by atoms with Crippen LogP contribution < -0.4 is 5.11 Å². The average Bonchev–Trinajstić information content (AvgIpc) is 3.27. The Morgan fingerprint density at radius 1 is 0.477 bits per heavy atom. The van der Waals surface area contributed by atoms with Crippen molar-refractivity contribution in [3.63, 3.8) is 0 Å². The predicted molar refractivity (Wildman–Crippen MR) is 269 cm³/mol. The molecule has 0 rings (SSSR count).